The number of unbranched alkanes of at least 4 members (excludes halogenated alkanes) is 12. The lowest BCUT2D eigenvalue weighted by Gasteiger charge is -2.39. The fraction of sp³-hybridized carbons (Fsp3) is 0.667. The number of hydrogen-bond donors (Lipinski definition) is 1. The summed E-state index contributed by atoms with van der Waals surface area (Å²) in [6.45, 7) is 6.98. The Bertz CT molecular complexity index is 1010. The van der Waals surface area contributed by atoms with Crippen LogP contribution in [0.2, 0.25) is 0 Å². The van der Waals surface area contributed by atoms with Gasteiger partial charge in [-0.2, -0.15) is 0 Å². The van der Waals surface area contributed by atoms with Crippen molar-refractivity contribution >= 4 is 5.78 Å². The molecule has 0 saturated carbocycles. The van der Waals surface area contributed by atoms with E-state index in [0.29, 0.717) is 0 Å². The van der Waals surface area contributed by atoms with E-state index >= 15 is 0 Å². The van der Waals surface area contributed by atoms with Gasteiger partial charge in [-0.25, -0.2) is 0 Å². The molecule has 0 bridgehead atoms. The molecule has 2 aromatic rings. The molecule has 0 spiro atoms. The summed E-state index contributed by atoms with van der Waals surface area (Å²) in [5.41, 5.74) is 4.05. The van der Waals surface area contributed by atoms with Gasteiger partial charge >= 0.3 is 0 Å². The van der Waals surface area contributed by atoms with E-state index in [1.807, 2.05) is 12.1 Å². The summed E-state index contributed by atoms with van der Waals surface area (Å²) in [7, 11) is 4.18. The first-order valence-electron chi connectivity index (χ1n) is 17.7. The van der Waals surface area contributed by atoms with E-state index in [-0.39, 0.29) is 11.9 Å². The van der Waals surface area contributed by atoms with Gasteiger partial charge in [0.25, 0.3) is 0 Å². The number of nitrogens with one attached hydrogen (secondary N) is 1. The van der Waals surface area contributed by atoms with Crippen molar-refractivity contribution in [1.82, 2.24) is 10.2 Å². The van der Waals surface area contributed by atoms with E-state index in [2.05, 4.69) is 74.6 Å². The van der Waals surface area contributed by atoms with Crippen LogP contribution in [0.4, 0.5) is 0 Å². The highest BCUT2D eigenvalue weighted by Crippen LogP contribution is 2.31. The second-order valence-electron chi connectivity index (χ2n) is 13.2. The lowest BCUT2D eigenvalue weighted by molar-refractivity contribution is 0.0277. The lowest BCUT2D eigenvalue weighted by Crippen LogP contribution is -2.53. The number of benzene rings is 2. The quantitative estimate of drug-likeness (QED) is 0.110. The predicted molar refractivity (Wildman–Crippen MR) is 183 cm³/mol. The minimum Gasteiger partial charge on any atom is -0.371 e. The molecule has 1 aliphatic heterocycles. The van der Waals surface area contributed by atoms with Gasteiger partial charge in [-0.15, -0.1) is 0 Å². The highest BCUT2D eigenvalue weighted by Gasteiger charge is 2.40. The van der Waals surface area contributed by atoms with Crippen LogP contribution < -0.4 is 5.32 Å². The van der Waals surface area contributed by atoms with Crippen LogP contribution in [0.25, 0.3) is 0 Å². The van der Waals surface area contributed by atoms with Gasteiger partial charge < -0.3 is 10.1 Å². The zero-order chi connectivity index (χ0) is 30.8. The van der Waals surface area contributed by atoms with E-state index in [1.165, 1.54) is 94.6 Å². The number of hydrogen-bond acceptors (Lipinski definition) is 4. The van der Waals surface area contributed by atoms with Crippen LogP contribution in [0.5, 0.6) is 0 Å². The maximum Gasteiger partial charge on any atom is 0.183 e. The fourth-order valence-corrected chi connectivity index (χ4v) is 6.59. The van der Waals surface area contributed by atoms with Crippen molar-refractivity contribution in [2.24, 2.45) is 0 Å². The average molecular weight is 591 g/mol. The zero-order valence-corrected chi connectivity index (χ0v) is 28.1. The molecular weight excluding hydrogens is 528 g/mol. The maximum atomic E-state index is 14.4. The standard InChI is InChI=1S/C39H62N2O2/c1-5-7-9-11-12-13-14-15-16-17-19-33-20-22-34(23-21-33)31-39(41(3)4,28-18-10-8-6-2)38(42)36-26-24-35(25-27-36)37-32-40-29-30-43-37/h20-27,37,40H,5-19,28-32H2,1-4H3. The number of carbonyl (C=O) groups excluding carboxylic acids is 1. The van der Waals surface area contributed by atoms with Gasteiger partial charge in [0.15, 0.2) is 5.78 Å². The Hall–Kier alpha value is -2.01. The number of carbonyl (C=O) groups is 1. The summed E-state index contributed by atoms with van der Waals surface area (Å²) in [6, 6.07) is 17.4. The third-order valence-electron chi connectivity index (χ3n) is 9.53. The molecule has 1 fully saturated rings. The van der Waals surface area contributed by atoms with Crippen LogP contribution in [-0.2, 0) is 17.6 Å². The van der Waals surface area contributed by atoms with Crippen LogP contribution in [-0.4, -0.2) is 50.0 Å². The van der Waals surface area contributed by atoms with E-state index in [1.54, 1.807) is 0 Å². The van der Waals surface area contributed by atoms with Gasteiger partial charge in [0.1, 0.15) is 0 Å². The SMILES string of the molecule is CCCCCCCCCCCCc1ccc(CC(CCCCCC)(C(=O)c2ccc(C3CNCCO3)cc2)N(C)C)cc1. The minimum absolute atomic E-state index is 0.0596. The van der Waals surface area contributed by atoms with E-state index in [9.17, 15) is 4.79 Å². The Kier molecular flexibility index (Phi) is 16.6. The fourth-order valence-electron chi connectivity index (χ4n) is 6.59. The first-order valence-corrected chi connectivity index (χ1v) is 17.7. The van der Waals surface area contributed by atoms with Crippen molar-refractivity contribution in [2.75, 3.05) is 33.8 Å². The molecule has 1 N–H and O–H groups in total. The monoisotopic (exact) mass is 590 g/mol. The summed E-state index contributed by atoms with van der Waals surface area (Å²) in [5, 5.41) is 3.40. The van der Waals surface area contributed by atoms with Crippen molar-refractivity contribution in [1.29, 1.82) is 0 Å². The van der Waals surface area contributed by atoms with Crippen molar-refractivity contribution in [3.8, 4) is 0 Å². The summed E-state index contributed by atoms with van der Waals surface area (Å²) in [6.07, 6.45) is 21.2. The molecule has 1 heterocycles. The highest BCUT2D eigenvalue weighted by molar-refractivity contribution is 6.03. The minimum atomic E-state index is -0.559. The Morgan fingerprint density at radius 1 is 0.767 bits per heavy atom. The first-order chi connectivity index (χ1) is 21.0. The Labute approximate surface area is 264 Å². The molecule has 1 saturated heterocycles. The van der Waals surface area contributed by atoms with Crippen LogP contribution in [0.15, 0.2) is 48.5 Å². The molecule has 240 valence electrons. The number of likely N-dealkylation sites (N-methyl/N-ethyl adjacent to an activating group) is 1. The molecule has 2 aromatic carbocycles. The number of nitrogens with zero attached hydrogens (tertiary/aromatic N) is 1. The number of rotatable bonds is 22. The Balaban J connectivity index is 1.60. The van der Waals surface area contributed by atoms with Gasteiger partial charge in [-0.3, -0.25) is 9.69 Å². The number of Topliss-reactive ketones (excluding diaryl/α,β-unsaturated/α-hetero) is 1. The second kappa shape index (κ2) is 20.1. The maximum absolute atomic E-state index is 14.4. The largest absolute Gasteiger partial charge is 0.371 e. The highest BCUT2D eigenvalue weighted by atomic mass is 16.5. The molecule has 0 aromatic heterocycles. The summed E-state index contributed by atoms with van der Waals surface area (Å²) in [4.78, 5) is 16.6. The molecule has 43 heavy (non-hydrogen) atoms. The van der Waals surface area contributed by atoms with Gasteiger partial charge in [0, 0.05) is 18.7 Å². The molecule has 1 aliphatic rings. The van der Waals surface area contributed by atoms with E-state index in [0.717, 1.165) is 56.5 Å². The molecular formula is C39H62N2O2. The molecule has 3 rings (SSSR count). The van der Waals surface area contributed by atoms with Crippen LogP contribution in [0.1, 0.15) is 143 Å². The molecule has 0 radical (unpaired) electrons. The number of morpholine rings is 1. The molecule has 2 atom stereocenters. The zero-order valence-electron chi connectivity index (χ0n) is 28.1. The van der Waals surface area contributed by atoms with Crippen molar-refractivity contribution in [3.63, 3.8) is 0 Å². The third kappa shape index (κ3) is 11.8. The van der Waals surface area contributed by atoms with Gasteiger partial charge in [-0.05, 0) is 56.5 Å². The normalized spacial score (nSPS) is 16.8. The predicted octanol–water partition coefficient (Wildman–Crippen LogP) is 9.51. The second-order valence-corrected chi connectivity index (χ2v) is 13.2. The summed E-state index contributed by atoms with van der Waals surface area (Å²) < 4.78 is 5.94. The molecule has 4 nitrogen and oxygen atoms in total. The van der Waals surface area contributed by atoms with Gasteiger partial charge in [0.05, 0.1) is 18.2 Å². The lowest BCUT2D eigenvalue weighted by atomic mass is 9.78. The van der Waals surface area contributed by atoms with Crippen LogP contribution >= 0.6 is 0 Å². The Morgan fingerprint density at radius 2 is 1.33 bits per heavy atom. The Morgan fingerprint density at radius 3 is 1.88 bits per heavy atom. The summed E-state index contributed by atoms with van der Waals surface area (Å²) >= 11 is 0. The summed E-state index contributed by atoms with van der Waals surface area (Å²) in [5.74, 6) is 0.234. The smallest absolute Gasteiger partial charge is 0.183 e. The van der Waals surface area contributed by atoms with Crippen LogP contribution in [0, 0.1) is 0 Å². The van der Waals surface area contributed by atoms with E-state index < -0.39 is 5.54 Å². The number of ketones is 1. The van der Waals surface area contributed by atoms with Crippen molar-refractivity contribution in [3.05, 3.63) is 70.8 Å². The molecule has 2 unspecified atom stereocenters. The first kappa shape index (κ1) is 35.5. The van der Waals surface area contributed by atoms with Crippen molar-refractivity contribution in [2.45, 2.75) is 135 Å². The third-order valence-corrected chi connectivity index (χ3v) is 9.53. The topological polar surface area (TPSA) is 41.6 Å². The van der Waals surface area contributed by atoms with E-state index in [4.69, 9.17) is 4.74 Å². The molecule has 0 aliphatic carbocycles. The number of aryl methyl sites for hydroxylation is 1. The number of ether oxygens (including phenoxy) is 1. The van der Waals surface area contributed by atoms with Gasteiger partial charge in [0.2, 0.25) is 0 Å². The van der Waals surface area contributed by atoms with Gasteiger partial charge in [-0.1, -0.05) is 146 Å². The van der Waals surface area contributed by atoms with Crippen molar-refractivity contribution < 1.29 is 9.53 Å². The average Bonchev–Trinajstić information content (AvgIpc) is 3.04. The molecule has 0 amide bonds. The molecule has 4 heteroatoms. The van der Waals surface area contributed by atoms with Crippen LogP contribution in [0.3, 0.4) is 0 Å².